The molecule has 4 rings (SSSR count). The summed E-state index contributed by atoms with van der Waals surface area (Å²) in [5, 5.41) is 0.510. The Morgan fingerprint density at radius 2 is 1.60 bits per heavy atom. The molecule has 0 saturated carbocycles. The van der Waals surface area contributed by atoms with E-state index in [9.17, 15) is 4.79 Å². The Morgan fingerprint density at radius 1 is 0.867 bits per heavy atom. The summed E-state index contributed by atoms with van der Waals surface area (Å²) < 4.78 is 22.4. The molecule has 0 radical (unpaired) electrons. The lowest BCUT2D eigenvalue weighted by molar-refractivity contribution is 0.296. The van der Waals surface area contributed by atoms with Gasteiger partial charge in [-0.2, -0.15) is 0 Å². The van der Waals surface area contributed by atoms with Gasteiger partial charge >= 0.3 is 0 Å². The van der Waals surface area contributed by atoms with Gasteiger partial charge in [-0.1, -0.05) is 30.3 Å². The first-order chi connectivity index (χ1) is 14.6. The summed E-state index contributed by atoms with van der Waals surface area (Å²) in [6.45, 7) is 2.14. The molecule has 0 aliphatic heterocycles. The zero-order chi connectivity index (χ0) is 21.1. The van der Waals surface area contributed by atoms with Crippen molar-refractivity contribution in [3.8, 4) is 28.4 Å². The van der Waals surface area contributed by atoms with Gasteiger partial charge in [0.05, 0.1) is 25.2 Å². The fraction of sp³-hybridized carbons (Fsp3) is 0.160. The highest BCUT2D eigenvalue weighted by atomic mass is 16.5. The summed E-state index contributed by atoms with van der Waals surface area (Å²) in [7, 11) is 3.24. The molecule has 0 aliphatic rings. The first kappa shape index (κ1) is 19.6. The first-order valence-corrected chi connectivity index (χ1v) is 9.57. The predicted octanol–water partition coefficient (Wildman–Crippen LogP) is 5.36. The van der Waals surface area contributed by atoms with E-state index in [0.717, 1.165) is 22.6 Å². The molecule has 5 nitrogen and oxygen atoms in total. The van der Waals surface area contributed by atoms with Crippen LogP contribution in [-0.4, -0.2) is 14.2 Å². The number of benzene rings is 3. The average molecular weight is 402 g/mol. The maximum absolute atomic E-state index is 13.1. The van der Waals surface area contributed by atoms with E-state index in [4.69, 9.17) is 18.6 Å². The maximum atomic E-state index is 13.1. The Kier molecular flexibility index (Phi) is 5.44. The van der Waals surface area contributed by atoms with Gasteiger partial charge in [0, 0.05) is 11.6 Å². The highest BCUT2D eigenvalue weighted by Gasteiger charge is 2.14. The Balaban J connectivity index is 1.66. The standard InChI is InChI=1S/C25H22O5/c1-16-24(17-8-10-19(27-2)11-9-17)25(26)21-13-12-20(14-23(21)30-16)29-15-18-6-4-5-7-22(18)28-3/h4-14H,15H2,1-3H3. The molecule has 152 valence electrons. The third kappa shape index (κ3) is 3.74. The lowest BCUT2D eigenvalue weighted by Gasteiger charge is -2.11. The monoisotopic (exact) mass is 402 g/mol. The first-order valence-electron chi connectivity index (χ1n) is 9.57. The molecule has 5 heteroatoms. The van der Waals surface area contributed by atoms with Crippen LogP contribution in [0.5, 0.6) is 17.2 Å². The van der Waals surface area contributed by atoms with Crippen LogP contribution in [0.1, 0.15) is 11.3 Å². The largest absolute Gasteiger partial charge is 0.497 e. The van der Waals surface area contributed by atoms with Crippen molar-refractivity contribution in [2.24, 2.45) is 0 Å². The molecule has 0 atom stereocenters. The number of aryl methyl sites for hydroxylation is 1. The molecule has 0 unspecified atom stereocenters. The number of methoxy groups -OCH3 is 2. The molecule has 0 fully saturated rings. The van der Waals surface area contributed by atoms with Crippen molar-refractivity contribution in [1.82, 2.24) is 0 Å². The second kappa shape index (κ2) is 8.33. The van der Waals surface area contributed by atoms with Crippen molar-refractivity contribution in [1.29, 1.82) is 0 Å². The van der Waals surface area contributed by atoms with E-state index in [1.807, 2.05) is 48.5 Å². The highest BCUT2D eigenvalue weighted by molar-refractivity contribution is 5.83. The summed E-state index contributed by atoms with van der Waals surface area (Å²) in [4.78, 5) is 13.1. The Bertz CT molecular complexity index is 1240. The number of fused-ring (bicyclic) bond motifs is 1. The highest BCUT2D eigenvalue weighted by Crippen LogP contribution is 2.28. The Hall–Kier alpha value is -3.73. The number of ether oxygens (including phenoxy) is 3. The van der Waals surface area contributed by atoms with Gasteiger partial charge in [0.15, 0.2) is 0 Å². The predicted molar refractivity (Wildman–Crippen MR) is 117 cm³/mol. The molecule has 1 aromatic heterocycles. The van der Waals surface area contributed by atoms with E-state index in [1.54, 1.807) is 39.3 Å². The van der Waals surface area contributed by atoms with Crippen LogP contribution in [0.2, 0.25) is 0 Å². The molecule has 4 aromatic rings. The van der Waals surface area contributed by atoms with Gasteiger partial charge in [-0.25, -0.2) is 0 Å². The van der Waals surface area contributed by atoms with E-state index in [1.165, 1.54) is 0 Å². The molecule has 0 aliphatic carbocycles. The molecule has 30 heavy (non-hydrogen) atoms. The lowest BCUT2D eigenvalue weighted by Crippen LogP contribution is -2.07. The van der Waals surface area contributed by atoms with Gasteiger partial charge in [0.1, 0.15) is 35.2 Å². The Morgan fingerprint density at radius 3 is 2.33 bits per heavy atom. The number of rotatable bonds is 6. The quantitative estimate of drug-likeness (QED) is 0.434. The van der Waals surface area contributed by atoms with Crippen molar-refractivity contribution in [3.05, 3.63) is 88.3 Å². The van der Waals surface area contributed by atoms with Crippen LogP contribution in [0.3, 0.4) is 0 Å². The minimum Gasteiger partial charge on any atom is -0.497 e. The van der Waals surface area contributed by atoms with Crippen LogP contribution in [-0.2, 0) is 6.61 Å². The smallest absolute Gasteiger partial charge is 0.200 e. The van der Waals surface area contributed by atoms with E-state index in [-0.39, 0.29) is 5.43 Å². The van der Waals surface area contributed by atoms with Crippen molar-refractivity contribution in [2.75, 3.05) is 14.2 Å². The zero-order valence-electron chi connectivity index (χ0n) is 17.1. The van der Waals surface area contributed by atoms with Gasteiger partial charge in [0.25, 0.3) is 0 Å². The van der Waals surface area contributed by atoms with Crippen molar-refractivity contribution in [3.63, 3.8) is 0 Å². The van der Waals surface area contributed by atoms with Crippen molar-refractivity contribution >= 4 is 11.0 Å². The molecule has 0 N–H and O–H groups in total. The fourth-order valence-electron chi connectivity index (χ4n) is 3.45. The Labute approximate surface area is 174 Å². The molecule has 0 bridgehead atoms. The van der Waals surface area contributed by atoms with Crippen LogP contribution in [0.25, 0.3) is 22.1 Å². The van der Waals surface area contributed by atoms with E-state index >= 15 is 0 Å². The summed E-state index contributed by atoms with van der Waals surface area (Å²) >= 11 is 0. The van der Waals surface area contributed by atoms with Crippen LogP contribution in [0, 0.1) is 6.92 Å². The van der Waals surface area contributed by atoms with Crippen molar-refractivity contribution in [2.45, 2.75) is 13.5 Å². The molecule has 1 heterocycles. The number of para-hydroxylation sites is 1. The fourth-order valence-corrected chi connectivity index (χ4v) is 3.45. The molecule has 3 aromatic carbocycles. The van der Waals surface area contributed by atoms with Crippen LogP contribution in [0.4, 0.5) is 0 Å². The summed E-state index contributed by atoms with van der Waals surface area (Å²) in [6, 6.07) is 20.3. The molecular formula is C25H22O5. The van der Waals surface area contributed by atoms with Gasteiger partial charge < -0.3 is 18.6 Å². The number of hydrogen-bond acceptors (Lipinski definition) is 5. The van der Waals surface area contributed by atoms with Crippen molar-refractivity contribution < 1.29 is 18.6 Å². The molecule has 0 amide bonds. The topological polar surface area (TPSA) is 57.9 Å². The summed E-state index contributed by atoms with van der Waals surface area (Å²) in [6.07, 6.45) is 0. The van der Waals surface area contributed by atoms with Gasteiger partial charge in [-0.15, -0.1) is 0 Å². The normalized spacial score (nSPS) is 10.8. The molecule has 0 saturated heterocycles. The minimum atomic E-state index is -0.0739. The SMILES string of the molecule is COc1ccc(-c2c(C)oc3cc(OCc4ccccc4OC)ccc3c2=O)cc1. The van der Waals surface area contributed by atoms with Gasteiger partial charge in [-0.3, -0.25) is 4.79 Å². The maximum Gasteiger partial charge on any atom is 0.200 e. The molecular weight excluding hydrogens is 380 g/mol. The lowest BCUT2D eigenvalue weighted by atomic mass is 10.0. The molecule has 0 spiro atoms. The van der Waals surface area contributed by atoms with Gasteiger partial charge in [-0.05, 0) is 42.8 Å². The van der Waals surface area contributed by atoms with Crippen LogP contribution in [0.15, 0.2) is 75.9 Å². The summed E-state index contributed by atoms with van der Waals surface area (Å²) in [5.41, 5.74) is 2.70. The van der Waals surface area contributed by atoms with E-state index < -0.39 is 0 Å². The average Bonchev–Trinajstić information content (AvgIpc) is 2.78. The zero-order valence-corrected chi connectivity index (χ0v) is 17.1. The second-order valence-electron chi connectivity index (χ2n) is 6.85. The van der Waals surface area contributed by atoms with Crippen LogP contribution >= 0.6 is 0 Å². The third-order valence-corrected chi connectivity index (χ3v) is 5.01. The van der Waals surface area contributed by atoms with Crippen LogP contribution < -0.4 is 19.6 Å². The minimum absolute atomic E-state index is 0.0739. The van der Waals surface area contributed by atoms with E-state index in [0.29, 0.717) is 34.6 Å². The number of hydrogen-bond donors (Lipinski definition) is 0. The van der Waals surface area contributed by atoms with Gasteiger partial charge in [0.2, 0.25) is 5.43 Å². The third-order valence-electron chi connectivity index (χ3n) is 5.01. The summed E-state index contributed by atoms with van der Waals surface area (Å²) in [5.74, 6) is 2.68. The van der Waals surface area contributed by atoms with E-state index in [2.05, 4.69) is 0 Å². The second-order valence-corrected chi connectivity index (χ2v) is 6.85.